The lowest BCUT2D eigenvalue weighted by atomic mass is 10.2. The van der Waals surface area contributed by atoms with Gasteiger partial charge in [0.25, 0.3) is 10.0 Å². The van der Waals surface area contributed by atoms with Crippen molar-refractivity contribution < 1.29 is 18.0 Å². The van der Waals surface area contributed by atoms with Crippen LogP contribution in [0.15, 0.2) is 16.3 Å². The second-order valence-corrected chi connectivity index (χ2v) is 12.6. The highest BCUT2D eigenvalue weighted by atomic mass is 32.2. The molecule has 0 aliphatic carbocycles. The molecule has 2 amide bonds. The fraction of sp³-hybridized carbons (Fsp3) is 0.739. The Balaban J connectivity index is 1.24. The van der Waals surface area contributed by atoms with Gasteiger partial charge in [0.15, 0.2) is 0 Å². The molecule has 0 unspecified atom stereocenters. The number of rotatable bonds is 6. The lowest BCUT2D eigenvalue weighted by molar-refractivity contribution is -0.134. The van der Waals surface area contributed by atoms with E-state index in [1.807, 2.05) is 9.80 Å². The maximum absolute atomic E-state index is 12.9. The average Bonchev–Trinajstić information content (AvgIpc) is 3.13. The third-order valence-electron chi connectivity index (χ3n) is 6.91. The Morgan fingerprint density at radius 2 is 1.30 bits per heavy atom. The highest BCUT2D eigenvalue weighted by Crippen LogP contribution is 2.27. The summed E-state index contributed by atoms with van der Waals surface area (Å²) in [6.07, 6.45) is 7.73. The van der Waals surface area contributed by atoms with Crippen molar-refractivity contribution in [3.05, 3.63) is 17.0 Å². The predicted octanol–water partition coefficient (Wildman–Crippen LogP) is 2.01. The zero-order valence-electron chi connectivity index (χ0n) is 19.4. The largest absolute Gasteiger partial charge is 0.342 e. The van der Waals surface area contributed by atoms with Crippen molar-refractivity contribution in [1.29, 1.82) is 0 Å². The minimum Gasteiger partial charge on any atom is -0.342 e. The fourth-order valence-corrected chi connectivity index (χ4v) is 7.87. The summed E-state index contributed by atoms with van der Waals surface area (Å²) in [7, 11) is -3.45. The first-order chi connectivity index (χ1) is 15.9. The molecule has 0 bridgehead atoms. The zero-order valence-corrected chi connectivity index (χ0v) is 21.0. The number of carbonyl (C=O) groups excluding carboxylic acids is 2. The Hall–Kier alpha value is -1.49. The maximum Gasteiger partial charge on any atom is 0.252 e. The molecule has 1 aromatic rings. The molecule has 1 aromatic heterocycles. The number of nitrogens with zero attached hydrogens (tertiary/aromatic N) is 4. The lowest BCUT2D eigenvalue weighted by Crippen LogP contribution is -2.52. The quantitative estimate of drug-likeness (QED) is 0.602. The van der Waals surface area contributed by atoms with Gasteiger partial charge in [-0.05, 0) is 37.8 Å². The maximum atomic E-state index is 12.9. The molecule has 0 atom stereocenters. The number of sulfonamides is 1. The number of carbonyl (C=O) groups is 2. The Kier molecular flexibility index (Phi) is 8.43. The Morgan fingerprint density at radius 1 is 0.727 bits per heavy atom. The van der Waals surface area contributed by atoms with Crippen LogP contribution in [0.5, 0.6) is 0 Å². The minimum atomic E-state index is -3.45. The van der Waals surface area contributed by atoms with Crippen LogP contribution in [0, 0.1) is 0 Å². The molecule has 0 saturated carbocycles. The molecule has 4 heterocycles. The molecular weight excluding hydrogens is 460 g/mol. The number of hydrogen-bond acceptors (Lipinski definition) is 6. The van der Waals surface area contributed by atoms with E-state index >= 15 is 0 Å². The number of thiophene rings is 1. The van der Waals surface area contributed by atoms with E-state index < -0.39 is 10.0 Å². The van der Waals surface area contributed by atoms with Crippen LogP contribution < -0.4 is 0 Å². The summed E-state index contributed by atoms with van der Waals surface area (Å²) in [5, 5.41) is 0. The smallest absolute Gasteiger partial charge is 0.252 e. The molecule has 0 aromatic carbocycles. The third-order valence-corrected chi connectivity index (χ3v) is 10.4. The van der Waals surface area contributed by atoms with Gasteiger partial charge in [0.2, 0.25) is 11.8 Å². The van der Waals surface area contributed by atoms with Crippen LogP contribution in [0.3, 0.4) is 0 Å². The summed E-state index contributed by atoms with van der Waals surface area (Å²) in [6.45, 7) is 5.95. The molecule has 0 spiro atoms. The normalized spacial score (nSPS) is 21.7. The monoisotopic (exact) mass is 496 g/mol. The third kappa shape index (κ3) is 6.35. The van der Waals surface area contributed by atoms with Crippen LogP contribution in [0.25, 0.3) is 0 Å². The second-order valence-electron chi connectivity index (χ2n) is 9.31. The van der Waals surface area contributed by atoms with Crippen molar-refractivity contribution in [3.63, 3.8) is 0 Å². The lowest BCUT2D eigenvalue weighted by Gasteiger charge is -2.35. The van der Waals surface area contributed by atoms with Crippen LogP contribution in [-0.2, 0) is 26.0 Å². The van der Waals surface area contributed by atoms with E-state index in [1.54, 1.807) is 16.4 Å². The first kappa shape index (κ1) is 24.6. The zero-order chi connectivity index (χ0) is 23.3. The van der Waals surface area contributed by atoms with Gasteiger partial charge in [0, 0.05) is 57.2 Å². The highest BCUT2D eigenvalue weighted by molar-refractivity contribution is 7.91. The van der Waals surface area contributed by atoms with E-state index in [0.29, 0.717) is 50.0 Å². The first-order valence-corrected chi connectivity index (χ1v) is 14.6. The van der Waals surface area contributed by atoms with Crippen molar-refractivity contribution in [2.24, 2.45) is 0 Å². The van der Waals surface area contributed by atoms with E-state index in [4.69, 9.17) is 0 Å². The SMILES string of the molecule is O=C(Cc1ccc(S(=O)(=O)N2CCCCC2)s1)N1CCN(CC(=O)N2CCCCCC2)CC1. The first-order valence-electron chi connectivity index (χ1n) is 12.3. The summed E-state index contributed by atoms with van der Waals surface area (Å²) in [5.74, 6) is 0.231. The van der Waals surface area contributed by atoms with E-state index in [9.17, 15) is 18.0 Å². The Morgan fingerprint density at radius 3 is 1.97 bits per heavy atom. The van der Waals surface area contributed by atoms with Gasteiger partial charge in [-0.1, -0.05) is 19.3 Å². The minimum absolute atomic E-state index is 0.0252. The van der Waals surface area contributed by atoms with Gasteiger partial charge in [0.1, 0.15) is 4.21 Å². The van der Waals surface area contributed by atoms with E-state index in [2.05, 4.69) is 4.90 Å². The summed E-state index contributed by atoms with van der Waals surface area (Å²) in [5.41, 5.74) is 0. The summed E-state index contributed by atoms with van der Waals surface area (Å²) in [6, 6.07) is 3.42. The Labute approximate surface area is 201 Å². The van der Waals surface area contributed by atoms with Gasteiger partial charge < -0.3 is 9.80 Å². The summed E-state index contributed by atoms with van der Waals surface area (Å²) < 4.78 is 27.6. The van der Waals surface area contributed by atoms with Crippen LogP contribution in [0.2, 0.25) is 0 Å². The topological polar surface area (TPSA) is 81.2 Å². The van der Waals surface area contributed by atoms with E-state index in [0.717, 1.165) is 50.1 Å². The number of hydrogen-bond donors (Lipinski definition) is 0. The number of amides is 2. The van der Waals surface area contributed by atoms with Crippen LogP contribution >= 0.6 is 11.3 Å². The standard InChI is InChI=1S/C23H36N4O4S2/c28-21(18-20-8-9-23(32-20)33(30,31)27-12-6-3-7-13-27)26-16-14-24(15-17-26)19-22(29)25-10-4-1-2-5-11-25/h8-9H,1-7,10-19H2. The highest BCUT2D eigenvalue weighted by Gasteiger charge is 2.29. The van der Waals surface area contributed by atoms with E-state index in [-0.39, 0.29) is 18.2 Å². The summed E-state index contributed by atoms with van der Waals surface area (Å²) in [4.78, 5) is 32.2. The van der Waals surface area contributed by atoms with Gasteiger partial charge in [-0.15, -0.1) is 11.3 Å². The molecular formula is C23H36N4O4S2. The van der Waals surface area contributed by atoms with Gasteiger partial charge in [-0.25, -0.2) is 8.42 Å². The fourth-order valence-electron chi connectivity index (χ4n) is 4.85. The van der Waals surface area contributed by atoms with Gasteiger partial charge >= 0.3 is 0 Å². The molecule has 3 fully saturated rings. The van der Waals surface area contributed by atoms with Gasteiger partial charge in [-0.2, -0.15) is 4.31 Å². The molecule has 10 heteroatoms. The van der Waals surface area contributed by atoms with Crippen molar-refractivity contribution in [2.45, 2.75) is 55.6 Å². The second kappa shape index (κ2) is 11.3. The molecule has 3 aliphatic rings. The van der Waals surface area contributed by atoms with Crippen LogP contribution in [0.1, 0.15) is 49.8 Å². The molecule has 8 nitrogen and oxygen atoms in total. The molecule has 0 N–H and O–H groups in total. The molecule has 0 radical (unpaired) electrons. The molecule has 184 valence electrons. The van der Waals surface area contributed by atoms with Crippen molar-refractivity contribution in [1.82, 2.24) is 19.0 Å². The molecule has 4 rings (SSSR count). The molecule has 33 heavy (non-hydrogen) atoms. The number of piperidine rings is 1. The Bertz CT molecular complexity index is 911. The van der Waals surface area contributed by atoms with Crippen molar-refractivity contribution in [2.75, 3.05) is 58.9 Å². The van der Waals surface area contributed by atoms with E-state index in [1.165, 1.54) is 24.2 Å². The van der Waals surface area contributed by atoms with Crippen LogP contribution in [0.4, 0.5) is 0 Å². The van der Waals surface area contributed by atoms with Crippen molar-refractivity contribution in [3.8, 4) is 0 Å². The number of likely N-dealkylation sites (tertiary alicyclic amines) is 1. The van der Waals surface area contributed by atoms with Gasteiger partial charge in [-0.3, -0.25) is 14.5 Å². The summed E-state index contributed by atoms with van der Waals surface area (Å²) >= 11 is 1.21. The van der Waals surface area contributed by atoms with Crippen LogP contribution in [-0.4, -0.2) is 98.1 Å². The van der Waals surface area contributed by atoms with Gasteiger partial charge in [0.05, 0.1) is 13.0 Å². The molecule has 3 aliphatic heterocycles. The number of piperazine rings is 1. The molecule has 3 saturated heterocycles. The van der Waals surface area contributed by atoms with Crippen molar-refractivity contribution >= 4 is 33.2 Å². The average molecular weight is 497 g/mol. The predicted molar refractivity (Wildman–Crippen MR) is 129 cm³/mol.